The van der Waals surface area contributed by atoms with Crippen molar-refractivity contribution in [2.24, 2.45) is 5.92 Å². The van der Waals surface area contributed by atoms with Gasteiger partial charge in [0, 0.05) is 112 Å². The minimum absolute atomic E-state index is 0.000997. The Morgan fingerprint density at radius 2 is 1.59 bits per heavy atom. The molecular formula is C65H79N7O10S. The van der Waals surface area contributed by atoms with Crippen LogP contribution in [0.3, 0.4) is 0 Å². The first-order valence-corrected chi connectivity index (χ1v) is 30.1. The van der Waals surface area contributed by atoms with Crippen LogP contribution >= 0.6 is 11.3 Å². The van der Waals surface area contributed by atoms with Gasteiger partial charge in [-0.1, -0.05) is 56.3 Å². The number of anilines is 1. The van der Waals surface area contributed by atoms with E-state index in [9.17, 15) is 29.1 Å². The molecule has 0 radical (unpaired) electrons. The molecule has 0 bridgehead atoms. The number of nitrogens with zero attached hydrogens (tertiary/aromatic N) is 4. The Morgan fingerprint density at radius 3 is 2.31 bits per heavy atom. The third-order valence-electron chi connectivity index (χ3n) is 16.1. The fourth-order valence-corrected chi connectivity index (χ4v) is 12.5. The average molecular weight is 1150 g/mol. The molecule has 4 N–H and O–H groups in total. The first-order chi connectivity index (χ1) is 40.1. The lowest BCUT2D eigenvalue weighted by molar-refractivity contribution is -0.143. The zero-order valence-corrected chi connectivity index (χ0v) is 49.7. The van der Waals surface area contributed by atoms with Crippen LogP contribution in [0.4, 0.5) is 5.69 Å². The number of thiazole rings is 1. The predicted molar refractivity (Wildman–Crippen MR) is 322 cm³/mol. The molecule has 5 heterocycles. The highest BCUT2D eigenvalue weighted by atomic mass is 32.1. The summed E-state index contributed by atoms with van der Waals surface area (Å²) >= 11 is 1.54. The number of nitrogens with one attached hydrogen (secondary N) is 3. The molecule has 1 unspecified atom stereocenters. The lowest BCUT2D eigenvalue weighted by Gasteiger charge is -2.37. The van der Waals surface area contributed by atoms with E-state index >= 15 is 0 Å². The topological polar surface area (TPSA) is 205 Å². The molecule has 4 amide bonds. The van der Waals surface area contributed by atoms with Crippen molar-refractivity contribution in [1.82, 2.24) is 30.4 Å². The lowest BCUT2D eigenvalue weighted by atomic mass is 9.95. The number of carbonyl (C=O) groups is 4. The second kappa shape index (κ2) is 27.8. The van der Waals surface area contributed by atoms with Crippen LogP contribution in [-0.2, 0) is 38.7 Å². The van der Waals surface area contributed by atoms with Gasteiger partial charge in [-0.3, -0.25) is 24.0 Å². The van der Waals surface area contributed by atoms with Crippen LogP contribution in [0.2, 0.25) is 0 Å². The van der Waals surface area contributed by atoms with E-state index in [0.717, 1.165) is 98.9 Å². The third kappa shape index (κ3) is 14.3. The molecule has 0 spiro atoms. The van der Waals surface area contributed by atoms with Crippen molar-refractivity contribution in [2.45, 2.75) is 131 Å². The van der Waals surface area contributed by atoms with Gasteiger partial charge in [0.1, 0.15) is 23.6 Å². The normalized spacial score (nSPS) is 16.5. The van der Waals surface area contributed by atoms with Crippen molar-refractivity contribution in [3.8, 4) is 33.1 Å². The second-order valence-electron chi connectivity index (χ2n) is 22.3. The summed E-state index contributed by atoms with van der Waals surface area (Å²) in [7, 11) is 0. The van der Waals surface area contributed by atoms with Crippen molar-refractivity contribution >= 4 is 40.7 Å². The van der Waals surface area contributed by atoms with Gasteiger partial charge in [-0.25, -0.2) is 4.98 Å². The van der Waals surface area contributed by atoms with E-state index in [4.69, 9.17) is 18.9 Å². The minimum Gasteiger partial charge on any atom is -0.494 e. The maximum atomic E-state index is 14.3. The summed E-state index contributed by atoms with van der Waals surface area (Å²) in [5.74, 6) is -0.0601. The van der Waals surface area contributed by atoms with Crippen molar-refractivity contribution in [3.05, 3.63) is 151 Å². The van der Waals surface area contributed by atoms with Gasteiger partial charge in [0.15, 0.2) is 0 Å². The number of pyridine rings is 1. The summed E-state index contributed by atoms with van der Waals surface area (Å²) in [5, 5.41) is 16.9. The van der Waals surface area contributed by atoms with Crippen LogP contribution in [0.25, 0.3) is 21.6 Å². The van der Waals surface area contributed by atoms with E-state index in [-0.39, 0.29) is 67.2 Å². The van der Waals surface area contributed by atoms with E-state index in [1.165, 1.54) is 4.90 Å². The quantitative estimate of drug-likeness (QED) is 0.0396. The van der Waals surface area contributed by atoms with Gasteiger partial charge >= 0.3 is 0 Å². The van der Waals surface area contributed by atoms with Gasteiger partial charge in [-0.2, -0.15) is 0 Å². The van der Waals surface area contributed by atoms with Crippen LogP contribution in [0, 0.1) is 33.6 Å². The summed E-state index contributed by atoms with van der Waals surface area (Å²) in [5.41, 5.74) is 12.1. The van der Waals surface area contributed by atoms with Gasteiger partial charge in [0.25, 0.3) is 17.4 Å². The Morgan fingerprint density at radius 1 is 0.855 bits per heavy atom. The standard InChI is InChI=1S/C65H79N7O10S/c1-8-70(50-22-28-80-29-23-50)56-32-49(31-54(43(56)6)61(74)67-36-55-41(4)30-42(5)69-62(55)75)45-18-20-52(21-19-45)81-27-13-25-79-24-11-12-26-82-58-33-46(60-44(7)68-39-83-60)16-17-47(58)35-66-63(76)57-34-51(73)38-71(57)65(78)59(40(2)3)72-37-48-14-9-10-15-53(48)64(72)77/h9-10,14-21,30-33,39-40,50-51,57,59,73H,8,11-13,22-29,34-38H2,1-7H3,(H,66,76)(H,67,74)(H,69,75)/t51-,57?,59+/m1/s1. The summed E-state index contributed by atoms with van der Waals surface area (Å²) < 4.78 is 24.3. The molecule has 4 aromatic carbocycles. The van der Waals surface area contributed by atoms with E-state index in [2.05, 4.69) is 38.5 Å². The maximum absolute atomic E-state index is 14.3. The number of H-pyrrole nitrogens is 1. The summed E-state index contributed by atoms with van der Waals surface area (Å²) in [6, 6.07) is 25.8. The van der Waals surface area contributed by atoms with Crippen LogP contribution in [-0.4, -0.2) is 125 Å². The maximum Gasteiger partial charge on any atom is 0.255 e. The predicted octanol–water partition coefficient (Wildman–Crippen LogP) is 9.24. The molecule has 0 aliphatic carbocycles. The number of aromatic amines is 1. The minimum atomic E-state index is -0.908. The van der Waals surface area contributed by atoms with E-state index in [1.807, 2.05) is 120 Å². The number of fused-ring (bicyclic) bond motifs is 1. The molecule has 2 fully saturated rings. The Kier molecular flexibility index (Phi) is 20.2. The average Bonchev–Trinajstić information content (AvgIpc) is 3.33. The molecule has 2 aromatic heterocycles. The Balaban J connectivity index is 0.754. The van der Waals surface area contributed by atoms with Gasteiger partial charge < -0.3 is 54.4 Å². The molecule has 9 rings (SSSR count). The Labute approximate surface area is 490 Å². The molecular weight excluding hydrogens is 1070 g/mol. The molecule has 83 heavy (non-hydrogen) atoms. The second-order valence-corrected chi connectivity index (χ2v) is 23.2. The number of rotatable bonds is 25. The Bertz CT molecular complexity index is 3320. The van der Waals surface area contributed by atoms with Crippen LogP contribution in [0.15, 0.2) is 95.2 Å². The number of carbonyl (C=O) groups excluding carboxylic acids is 4. The number of aromatic nitrogens is 2. The van der Waals surface area contributed by atoms with E-state index < -0.39 is 18.2 Å². The van der Waals surface area contributed by atoms with Crippen molar-refractivity contribution < 1.29 is 43.2 Å². The highest BCUT2D eigenvalue weighted by molar-refractivity contribution is 7.13. The number of likely N-dealkylation sites (tertiary alicyclic amines) is 1. The monoisotopic (exact) mass is 1150 g/mol. The van der Waals surface area contributed by atoms with Gasteiger partial charge in [0.05, 0.1) is 35.4 Å². The fraction of sp³-hybridized carbons (Fsp3) is 0.446. The summed E-state index contributed by atoms with van der Waals surface area (Å²) in [6.45, 7) is 18.3. The third-order valence-corrected chi connectivity index (χ3v) is 17.1. The van der Waals surface area contributed by atoms with E-state index in [1.54, 1.807) is 22.3 Å². The Hall–Kier alpha value is -7.38. The number of unbranched alkanes of at least 4 members (excludes halogenated alkanes) is 1. The highest BCUT2D eigenvalue weighted by Gasteiger charge is 2.46. The van der Waals surface area contributed by atoms with E-state index in [0.29, 0.717) is 75.0 Å². The fourth-order valence-electron chi connectivity index (χ4n) is 11.7. The van der Waals surface area contributed by atoms with Gasteiger partial charge in [-0.15, -0.1) is 11.3 Å². The number of aliphatic hydroxyl groups excluding tert-OH is 1. The van der Waals surface area contributed by atoms with Gasteiger partial charge in [-0.05, 0) is 142 Å². The molecule has 3 aliphatic rings. The molecule has 6 aromatic rings. The van der Waals surface area contributed by atoms with Crippen molar-refractivity contribution in [1.29, 1.82) is 0 Å². The number of aliphatic hydroxyl groups is 1. The SMILES string of the molecule is CCN(c1cc(-c2ccc(OCCCOCCCCOc3cc(-c4scnc4C)ccc3CNC(=O)C3C[C@@H](O)CN3C(=O)[C@H](C(C)C)N3Cc4ccccc4C3=O)cc2)cc(C(=O)NCc2c(C)cc(C)[nH]c2=O)c1C)C1CCOCC1. The summed E-state index contributed by atoms with van der Waals surface area (Å²) in [4.78, 5) is 82.4. The number of β-amino-alcohol motifs (C(OH)–C–C–N with tert-alkyl or cyclic N) is 1. The number of benzene rings is 4. The molecule has 440 valence electrons. The number of ether oxygens (including phenoxy) is 4. The molecule has 2 saturated heterocycles. The van der Waals surface area contributed by atoms with Crippen LogP contribution < -0.4 is 30.6 Å². The zero-order valence-electron chi connectivity index (χ0n) is 48.9. The molecule has 17 nitrogen and oxygen atoms in total. The first-order valence-electron chi connectivity index (χ1n) is 29.2. The zero-order chi connectivity index (χ0) is 58.7. The number of hydrogen-bond acceptors (Lipinski definition) is 13. The molecule has 3 aliphatic heterocycles. The van der Waals surface area contributed by atoms with Crippen LogP contribution in [0.1, 0.15) is 119 Å². The molecule has 18 heteroatoms. The van der Waals surface area contributed by atoms with Gasteiger partial charge in [0.2, 0.25) is 11.8 Å². The largest absolute Gasteiger partial charge is 0.494 e. The van der Waals surface area contributed by atoms with Crippen molar-refractivity contribution in [2.75, 3.05) is 57.6 Å². The number of hydrogen-bond donors (Lipinski definition) is 4. The first kappa shape index (κ1) is 60.2. The smallest absolute Gasteiger partial charge is 0.255 e. The van der Waals surface area contributed by atoms with Crippen molar-refractivity contribution in [3.63, 3.8) is 0 Å². The number of aryl methyl sites for hydroxylation is 3. The lowest BCUT2D eigenvalue weighted by Crippen LogP contribution is -2.55. The summed E-state index contributed by atoms with van der Waals surface area (Å²) in [6.07, 6.45) is 3.21. The number of amides is 4. The van der Waals surface area contributed by atoms with Crippen LogP contribution in [0.5, 0.6) is 11.5 Å². The highest BCUT2D eigenvalue weighted by Crippen LogP contribution is 2.36. The molecule has 3 atom stereocenters. The molecule has 0 saturated carbocycles.